The molecule has 0 amide bonds. The Morgan fingerprint density at radius 3 is 2.16 bits per heavy atom. The van der Waals surface area contributed by atoms with E-state index in [2.05, 4.69) is 44.0 Å². The molecule has 0 radical (unpaired) electrons. The van der Waals surface area contributed by atoms with Crippen LogP contribution >= 0.6 is 31.9 Å². The molecule has 0 nitrogen and oxygen atoms in total. The van der Waals surface area contributed by atoms with E-state index in [-0.39, 0.29) is 11.2 Å². The summed E-state index contributed by atoms with van der Waals surface area (Å²) in [5, 5.41) is 1.65. The first-order valence-electron chi connectivity index (χ1n) is 6.12. The van der Waals surface area contributed by atoms with Crippen molar-refractivity contribution in [1.29, 1.82) is 0 Å². The summed E-state index contributed by atoms with van der Waals surface area (Å²) in [6.07, 6.45) is 0.797. The first-order chi connectivity index (χ1) is 9.20. The number of hydrogen-bond acceptors (Lipinski definition) is 0. The lowest BCUT2D eigenvalue weighted by Crippen LogP contribution is -2.32. The Hall–Kier alpha value is -0.670. The summed E-state index contributed by atoms with van der Waals surface area (Å²) in [4.78, 5) is 0. The van der Waals surface area contributed by atoms with Crippen LogP contribution in [0.3, 0.4) is 0 Å². The average molecular weight is 386 g/mol. The van der Waals surface area contributed by atoms with Crippen molar-refractivity contribution in [3.63, 3.8) is 0 Å². The van der Waals surface area contributed by atoms with Gasteiger partial charge in [0.1, 0.15) is 5.82 Å². The van der Waals surface area contributed by atoms with Crippen molar-refractivity contribution in [2.24, 2.45) is 0 Å². The summed E-state index contributed by atoms with van der Waals surface area (Å²) in [5.74, 6) is -0.177. The first-order valence-corrected chi connectivity index (χ1v) is 8.36. The zero-order chi connectivity index (χ0) is 13.7. The normalized spacial score (nSPS) is 11.5. The van der Waals surface area contributed by atoms with Crippen LogP contribution in [-0.4, -0.2) is 10.7 Å². The summed E-state index contributed by atoms with van der Waals surface area (Å²) in [5.41, 5.74) is 2.21. The summed E-state index contributed by atoms with van der Waals surface area (Å²) in [6, 6.07) is 17.2. The molecule has 2 rings (SSSR count). The van der Waals surface area contributed by atoms with Crippen LogP contribution in [-0.2, 0) is 11.8 Å². The molecular weight excluding hydrogens is 371 g/mol. The molecule has 0 heterocycles. The van der Waals surface area contributed by atoms with Gasteiger partial charge in [-0.3, -0.25) is 0 Å². The summed E-state index contributed by atoms with van der Waals surface area (Å²) >= 11 is 7.24. The maximum Gasteiger partial charge on any atom is 0.123 e. The van der Waals surface area contributed by atoms with Gasteiger partial charge in [-0.1, -0.05) is 74.3 Å². The average Bonchev–Trinajstić information content (AvgIpc) is 2.46. The van der Waals surface area contributed by atoms with Crippen molar-refractivity contribution in [2.45, 2.75) is 11.8 Å². The first kappa shape index (κ1) is 14.7. The zero-order valence-corrected chi connectivity index (χ0v) is 13.6. The van der Waals surface area contributed by atoms with E-state index in [1.165, 1.54) is 11.6 Å². The van der Waals surface area contributed by atoms with Gasteiger partial charge < -0.3 is 0 Å². The van der Waals surface area contributed by atoms with Gasteiger partial charge >= 0.3 is 0 Å². The summed E-state index contributed by atoms with van der Waals surface area (Å²) in [6.45, 7) is 0. The summed E-state index contributed by atoms with van der Waals surface area (Å²) < 4.78 is 13.3. The van der Waals surface area contributed by atoms with Gasteiger partial charge in [0.15, 0.2) is 0 Å². The molecule has 0 aromatic heterocycles. The van der Waals surface area contributed by atoms with E-state index in [9.17, 15) is 4.39 Å². The smallest absolute Gasteiger partial charge is 0.123 e. The molecule has 100 valence electrons. The van der Waals surface area contributed by atoms with Crippen LogP contribution in [0.25, 0.3) is 0 Å². The van der Waals surface area contributed by atoms with Gasteiger partial charge in [-0.25, -0.2) is 4.39 Å². The molecule has 0 atom stereocenters. The number of benzene rings is 2. The third-order valence-electron chi connectivity index (χ3n) is 3.33. The van der Waals surface area contributed by atoms with E-state index in [0.29, 0.717) is 0 Å². The molecule has 0 N–H and O–H groups in total. The van der Waals surface area contributed by atoms with E-state index in [1.807, 2.05) is 24.3 Å². The maximum atomic E-state index is 13.3. The Morgan fingerprint density at radius 2 is 1.58 bits per heavy atom. The molecule has 0 unspecified atom stereocenters. The van der Waals surface area contributed by atoms with Gasteiger partial charge in [0.05, 0.1) is 0 Å². The van der Waals surface area contributed by atoms with E-state index in [0.717, 1.165) is 22.6 Å². The lowest BCUT2D eigenvalue weighted by Gasteiger charge is -2.31. The highest BCUT2D eigenvalue weighted by molar-refractivity contribution is 9.09. The minimum Gasteiger partial charge on any atom is -0.207 e. The quantitative estimate of drug-likeness (QED) is 0.628. The molecule has 0 spiro atoms. The molecule has 0 bridgehead atoms. The van der Waals surface area contributed by atoms with Crippen LogP contribution in [0.15, 0.2) is 54.6 Å². The van der Waals surface area contributed by atoms with Gasteiger partial charge in [0.25, 0.3) is 0 Å². The lowest BCUT2D eigenvalue weighted by atomic mass is 9.79. The van der Waals surface area contributed by atoms with Crippen LogP contribution in [0.4, 0.5) is 4.39 Å². The van der Waals surface area contributed by atoms with Gasteiger partial charge in [-0.05, 0) is 29.7 Å². The Bertz CT molecular complexity index is 521. The van der Waals surface area contributed by atoms with E-state index in [4.69, 9.17) is 0 Å². The molecule has 0 aliphatic heterocycles. The highest BCUT2D eigenvalue weighted by Gasteiger charge is 2.30. The maximum absolute atomic E-state index is 13.3. The SMILES string of the molecule is Fc1cccc(CC(CBr)(CBr)c2ccccc2)c1. The van der Waals surface area contributed by atoms with E-state index < -0.39 is 0 Å². The Kier molecular flexibility index (Phi) is 5.17. The highest BCUT2D eigenvalue weighted by Crippen LogP contribution is 2.32. The second kappa shape index (κ2) is 6.67. The third kappa shape index (κ3) is 3.46. The fourth-order valence-electron chi connectivity index (χ4n) is 2.22. The third-order valence-corrected chi connectivity index (χ3v) is 5.48. The Balaban J connectivity index is 2.35. The topological polar surface area (TPSA) is 0 Å². The van der Waals surface area contributed by atoms with Crippen LogP contribution in [0.1, 0.15) is 11.1 Å². The van der Waals surface area contributed by atoms with Crippen molar-refractivity contribution in [3.05, 3.63) is 71.5 Å². The minimum absolute atomic E-state index is 0.0605. The zero-order valence-electron chi connectivity index (χ0n) is 10.5. The predicted octanol–water partition coefficient (Wildman–Crippen LogP) is 5.10. The highest BCUT2D eigenvalue weighted by atomic mass is 79.9. The molecule has 0 saturated heterocycles. The molecule has 3 heteroatoms. The minimum atomic E-state index is -0.177. The van der Waals surface area contributed by atoms with Crippen molar-refractivity contribution >= 4 is 31.9 Å². The molecule has 0 saturated carbocycles. The lowest BCUT2D eigenvalue weighted by molar-refractivity contribution is 0.547. The standard InChI is InChI=1S/C16H15Br2F/c17-11-16(12-18,14-6-2-1-3-7-14)10-13-5-4-8-15(19)9-13/h1-9H,10-12H2. The monoisotopic (exact) mass is 384 g/mol. The molecular formula is C16H15Br2F. The van der Waals surface area contributed by atoms with Crippen LogP contribution in [0.5, 0.6) is 0 Å². The molecule has 0 aliphatic carbocycles. The molecule has 0 fully saturated rings. The predicted molar refractivity (Wildman–Crippen MR) is 85.8 cm³/mol. The number of rotatable bonds is 5. The Morgan fingerprint density at radius 1 is 0.895 bits per heavy atom. The van der Waals surface area contributed by atoms with Crippen LogP contribution in [0, 0.1) is 5.82 Å². The molecule has 0 aliphatic rings. The van der Waals surface area contributed by atoms with Crippen molar-refractivity contribution in [2.75, 3.05) is 10.7 Å². The number of hydrogen-bond donors (Lipinski definition) is 0. The van der Waals surface area contributed by atoms with Gasteiger partial charge in [-0.15, -0.1) is 0 Å². The summed E-state index contributed by atoms with van der Waals surface area (Å²) in [7, 11) is 0. The second-order valence-corrected chi connectivity index (χ2v) is 5.84. The van der Waals surface area contributed by atoms with Crippen LogP contribution < -0.4 is 0 Å². The van der Waals surface area contributed by atoms with E-state index in [1.54, 1.807) is 12.1 Å². The van der Waals surface area contributed by atoms with Crippen LogP contribution in [0.2, 0.25) is 0 Å². The van der Waals surface area contributed by atoms with Crippen molar-refractivity contribution in [3.8, 4) is 0 Å². The largest absolute Gasteiger partial charge is 0.207 e. The number of alkyl halides is 2. The molecule has 19 heavy (non-hydrogen) atoms. The number of halogens is 3. The molecule has 2 aromatic rings. The van der Waals surface area contributed by atoms with Gasteiger partial charge in [0, 0.05) is 16.1 Å². The molecule has 2 aromatic carbocycles. The Labute approximate surface area is 130 Å². The van der Waals surface area contributed by atoms with Gasteiger partial charge in [0.2, 0.25) is 0 Å². The van der Waals surface area contributed by atoms with Crippen molar-refractivity contribution < 1.29 is 4.39 Å². The van der Waals surface area contributed by atoms with Crippen molar-refractivity contribution in [1.82, 2.24) is 0 Å². The fraction of sp³-hybridized carbons (Fsp3) is 0.250. The fourth-order valence-corrected chi connectivity index (χ4v) is 4.19. The second-order valence-electron chi connectivity index (χ2n) is 4.72. The van der Waals surface area contributed by atoms with E-state index >= 15 is 0 Å². The van der Waals surface area contributed by atoms with Gasteiger partial charge in [-0.2, -0.15) is 0 Å².